The van der Waals surface area contributed by atoms with Gasteiger partial charge in [-0.05, 0) is 44.5 Å². The SMILES string of the molecule is CN=C(NCc1cccc(-n2cccn2)c1)N(C)CC(=O)NC(C)(C)C.I. The lowest BCUT2D eigenvalue weighted by Crippen LogP contribution is -2.48. The van der Waals surface area contributed by atoms with E-state index in [-0.39, 0.29) is 42.0 Å². The molecule has 8 heteroatoms. The number of nitrogens with zero attached hydrogens (tertiary/aromatic N) is 4. The highest BCUT2D eigenvalue weighted by Crippen LogP contribution is 2.09. The molecule has 2 rings (SSSR count). The molecule has 0 saturated carbocycles. The Labute approximate surface area is 178 Å². The standard InChI is InChI=1S/C19H28N6O.HI/c1-19(2,3)23-17(26)14-24(5)18(20-4)21-13-15-8-6-9-16(12-15)25-11-7-10-22-25;/h6-12H,13-14H2,1-5H3,(H,20,21)(H,23,26);1H. The summed E-state index contributed by atoms with van der Waals surface area (Å²) in [5.74, 6) is 0.627. The van der Waals surface area contributed by atoms with Crippen molar-refractivity contribution >= 4 is 35.8 Å². The molecule has 148 valence electrons. The molecular weight excluding hydrogens is 455 g/mol. The van der Waals surface area contributed by atoms with E-state index in [2.05, 4.69) is 26.8 Å². The number of hydrogen-bond donors (Lipinski definition) is 2. The lowest BCUT2D eigenvalue weighted by atomic mass is 10.1. The number of nitrogens with one attached hydrogen (secondary N) is 2. The van der Waals surface area contributed by atoms with E-state index in [1.807, 2.05) is 63.0 Å². The van der Waals surface area contributed by atoms with E-state index in [0.29, 0.717) is 12.5 Å². The summed E-state index contributed by atoms with van der Waals surface area (Å²) < 4.78 is 1.82. The fourth-order valence-corrected chi connectivity index (χ4v) is 2.54. The van der Waals surface area contributed by atoms with Crippen LogP contribution in [0.5, 0.6) is 0 Å². The second-order valence-corrected chi connectivity index (χ2v) is 7.18. The summed E-state index contributed by atoms with van der Waals surface area (Å²) in [6, 6.07) is 10.0. The molecule has 1 aromatic heterocycles. The maximum absolute atomic E-state index is 12.1. The summed E-state index contributed by atoms with van der Waals surface area (Å²) in [4.78, 5) is 18.2. The first-order valence-electron chi connectivity index (χ1n) is 8.60. The number of halogens is 1. The van der Waals surface area contributed by atoms with Crippen molar-refractivity contribution in [1.29, 1.82) is 0 Å². The largest absolute Gasteiger partial charge is 0.352 e. The van der Waals surface area contributed by atoms with Crippen LogP contribution in [0, 0.1) is 0 Å². The Balaban J connectivity index is 0.00000364. The fourth-order valence-electron chi connectivity index (χ4n) is 2.54. The molecule has 0 aliphatic heterocycles. The lowest BCUT2D eigenvalue weighted by molar-refractivity contribution is -0.122. The second kappa shape index (κ2) is 10.3. The number of guanidine groups is 1. The Morgan fingerprint density at radius 3 is 2.63 bits per heavy atom. The fraction of sp³-hybridized carbons (Fsp3) is 0.421. The molecule has 0 fully saturated rings. The summed E-state index contributed by atoms with van der Waals surface area (Å²) in [6.45, 7) is 6.73. The first-order chi connectivity index (χ1) is 12.3. The molecule has 0 atom stereocenters. The molecule has 27 heavy (non-hydrogen) atoms. The van der Waals surface area contributed by atoms with Crippen LogP contribution in [0.1, 0.15) is 26.3 Å². The van der Waals surface area contributed by atoms with Gasteiger partial charge in [0.15, 0.2) is 5.96 Å². The first kappa shape index (κ1) is 22.9. The maximum atomic E-state index is 12.1. The number of benzene rings is 1. The van der Waals surface area contributed by atoms with E-state index in [0.717, 1.165) is 11.3 Å². The molecule has 1 heterocycles. The minimum absolute atomic E-state index is 0. The molecule has 0 saturated heterocycles. The third-order valence-corrected chi connectivity index (χ3v) is 3.60. The number of likely N-dealkylation sites (N-methyl/N-ethyl adjacent to an activating group) is 1. The average Bonchev–Trinajstić information content (AvgIpc) is 3.08. The summed E-state index contributed by atoms with van der Waals surface area (Å²) in [5, 5.41) is 10.5. The van der Waals surface area contributed by atoms with Crippen molar-refractivity contribution in [3.05, 3.63) is 48.3 Å². The summed E-state index contributed by atoms with van der Waals surface area (Å²) in [5.41, 5.74) is 1.86. The number of hydrogen-bond acceptors (Lipinski definition) is 3. The van der Waals surface area contributed by atoms with Crippen LogP contribution < -0.4 is 10.6 Å². The van der Waals surface area contributed by atoms with Crippen LogP contribution in [0.4, 0.5) is 0 Å². The van der Waals surface area contributed by atoms with Crippen molar-refractivity contribution in [1.82, 2.24) is 25.3 Å². The van der Waals surface area contributed by atoms with Gasteiger partial charge in [-0.25, -0.2) is 4.68 Å². The van der Waals surface area contributed by atoms with Crippen molar-refractivity contribution in [3.63, 3.8) is 0 Å². The predicted molar refractivity (Wildman–Crippen MR) is 120 cm³/mol. The lowest BCUT2D eigenvalue weighted by Gasteiger charge is -2.25. The highest BCUT2D eigenvalue weighted by atomic mass is 127. The molecule has 1 aromatic carbocycles. The Hall–Kier alpha value is -2.10. The zero-order valence-corrected chi connectivity index (χ0v) is 18.9. The molecule has 0 aliphatic carbocycles. The van der Waals surface area contributed by atoms with Crippen LogP contribution >= 0.6 is 24.0 Å². The highest BCUT2D eigenvalue weighted by molar-refractivity contribution is 14.0. The van der Waals surface area contributed by atoms with Gasteiger partial charge in [-0.2, -0.15) is 5.10 Å². The summed E-state index contributed by atoms with van der Waals surface area (Å²) >= 11 is 0. The van der Waals surface area contributed by atoms with Gasteiger partial charge in [0.1, 0.15) is 0 Å². The van der Waals surface area contributed by atoms with Gasteiger partial charge in [0.25, 0.3) is 0 Å². The molecule has 0 aliphatic rings. The first-order valence-corrected chi connectivity index (χ1v) is 8.60. The van der Waals surface area contributed by atoms with Gasteiger partial charge in [-0.1, -0.05) is 12.1 Å². The van der Waals surface area contributed by atoms with Crippen molar-refractivity contribution in [2.24, 2.45) is 4.99 Å². The van der Waals surface area contributed by atoms with Crippen molar-refractivity contribution < 1.29 is 4.79 Å². The van der Waals surface area contributed by atoms with Gasteiger partial charge in [0.2, 0.25) is 5.91 Å². The zero-order chi connectivity index (χ0) is 19.2. The topological polar surface area (TPSA) is 74.5 Å². The second-order valence-electron chi connectivity index (χ2n) is 7.18. The summed E-state index contributed by atoms with van der Waals surface area (Å²) in [7, 11) is 3.55. The van der Waals surface area contributed by atoms with E-state index >= 15 is 0 Å². The predicted octanol–water partition coefficient (Wildman–Crippen LogP) is 2.41. The third-order valence-electron chi connectivity index (χ3n) is 3.60. The third kappa shape index (κ3) is 7.58. The van der Waals surface area contributed by atoms with Crippen LogP contribution in [0.3, 0.4) is 0 Å². The Bertz CT molecular complexity index is 752. The van der Waals surface area contributed by atoms with Crippen LogP contribution in [0.15, 0.2) is 47.7 Å². The molecule has 2 N–H and O–H groups in total. The maximum Gasteiger partial charge on any atom is 0.240 e. The average molecular weight is 484 g/mol. The molecule has 1 amide bonds. The minimum atomic E-state index is -0.248. The van der Waals surface area contributed by atoms with Crippen molar-refractivity contribution in [2.75, 3.05) is 20.6 Å². The molecule has 0 radical (unpaired) electrons. The van der Waals surface area contributed by atoms with Gasteiger partial charge in [0, 0.05) is 38.6 Å². The van der Waals surface area contributed by atoms with E-state index in [9.17, 15) is 4.79 Å². The van der Waals surface area contributed by atoms with E-state index in [1.165, 1.54) is 0 Å². The van der Waals surface area contributed by atoms with Crippen LogP contribution in [0.25, 0.3) is 5.69 Å². The molecule has 7 nitrogen and oxygen atoms in total. The Morgan fingerprint density at radius 2 is 2.04 bits per heavy atom. The minimum Gasteiger partial charge on any atom is -0.352 e. The Morgan fingerprint density at radius 1 is 1.30 bits per heavy atom. The number of rotatable bonds is 5. The monoisotopic (exact) mass is 484 g/mol. The molecule has 0 unspecified atom stereocenters. The van der Waals surface area contributed by atoms with Crippen molar-refractivity contribution in [2.45, 2.75) is 32.9 Å². The Kier molecular flexibility index (Phi) is 8.74. The quantitative estimate of drug-likeness (QED) is 0.389. The molecule has 0 bridgehead atoms. The van der Waals surface area contributed by atoms with Crippen LogP contribution in [0.2, 0.25) is 0 Å². The van der Waals surface area contributed by atoms with Gasteiger partial charge in [-0.3, -0.25) is 9.79 Å². The van der Waals surface area contributed by atoms with Crippen molar-refractivity contribution in [3.8, 4) is 5.69 Å². The molecular formula is C19H29IN6O. The van der Waals surface area contributed by atoms with Crippen LogP contribution in [-0.4, -0.2) is 52.7 Å². The number of amides is 1. The zero-order valence-electron chi connectivity index (χ0n) is 16.6. The normalized spacial score (nSPS) is 11.5. The summed E-state index contributed by atoms with van der Waals surface area (Å²) in [6.07, 6.45) is 3.66. The van der Waals surface area contributed by atoms with Gasteiger partial charge in [0.05, 0.1) is 12.2 Å². The van der Waals surface area contributed by atoms with E-state index in [4.69, 9.17) is 0 Å². The van der Waals surface area contributed by atoms with E-state index in [1.54, 1.807) is 18.1 Å². The van der Waals surface area contributed by atoms with Gasteiger partial charge in [-0.15, -0.1) is 24.0 Å². The van der Waals surface area contributed by atoms with Crippen LogP contribution in [-0.2, 0) is 11.3 Å². The van der Waals surface area contributed by atoms with Gasteiger partial charge >= 0.3 is 0 Å². The number of aliphatic imine (C=N–C) groups is 1. The van der Waals surface area contributed by atoms with Gasteiger partial charge < -0.3 is 15.5 Å². The molecule has 2 aromatic rings. The number of carbonyl (C=O) groups excluding carboxylic acids is 1. The highest BCUT2D eigenvalue weighted by Gasteiger charge is 2.16. The smallest absolute Gasteiger partial charge is 0.240 e. The molecule has 0 spiro atoms. The van der Waals surface area contributed by atoms with E-state index < -0.39 is 0 Å². The number of carbonyl (C=O) groups is 1. The number of aromatic nitrogens is 2.